The van der Waals surface area contributed by atoms with Gasteiger partial charge in [-0.1, -0.05) is 0 Å². The zero-order valence-corrected chi connectivity index (χ0v) is 11.8. The molecule has 1 saturated heterocycles. The summed E-state index contributed by atoms with van der Waals surface area (Å²) in [5.41, 5.74) is 0. The van der Waals surface area contributed by atoms with Gasteiger partial charge in [-0.2, -0.15) is 0 Å². The lowest BCUT2D eigenvalue weighted by Gasteiger charge is -2.31. The first kappa shape index (κ1) is 13.4. The van der Waals surface area contributed by atoms with E-state index in [-0.39, 0.29) is 0 Å². The van der Waals surface area contributed by atoms with E-state index in [2.05, 4.69) is 37.2 Å². The summed E-state index contributed by atoms with van der Waals surface area (Å²) in [6.45, 7) is 4.50. The molecule has 4 nitrogen and oxygen atoms in total. The van der Waals surface area contributed by atoms with Crippen LogP contribution in [0.25, 0.3) is 0 Å². The van der Waals surface area contributed by atoms with Crippen LogP contribution >= 0.6 is 37.2 Å². The van der Waals surface area contributed by atoms with Crippen LogP contribution in [0.3, 0.4) is 0 Å². The molecule has 0 radical (unpaired) electrons. The molecule has 76 valence electrons. The molecular formula is C7H10I2O4. The van der Waals surface area contributed by atoms with Gasteiger partial charge in [-0.15, -0.1) is 0 Å². The highest BCUT2D eigenvalue weighted by Gasteiger charge is 2.40. The average molecular weight is 412 g/mol. The molecule has 0 amide bonds. The molecule has 13 heavy (non-hydrogen) atoms. The van der Waals surface area contributed by atoms with Gasteiger partial charge < -0.3 is 9.47 Å². The summed E-state index contributed by atoms with van der Waals surface area (Å²) >= 11 is 4.24. The molecular weight excluding hydrogens is 402 g/mol. The Morgan fingerprint density at radius 3 is 1.77 bits per heavy atom. The Morgan fingerprint density at radius 1 is 1.15 bits per heavy atom. The Balaban J connectivity index is 0.000000671. The number of rotatable bonds is 0. The van der Waals surface area contributed by atoms with Gasteiger partial charge in [0.15, 0.2) is 5.92 Å². The van der Waals surface area contributed by atoms with Crippen LogP contribution in [0.4, 0.5) is 0 Å². The fourth-order valence-electron chi connectivity index (χ4n) is 0.778. The second kappa shape index (κ2) is 5.32. The largest absolute Gasteiger partial charge is 0.422 e. The van der Waals surface area contributed by atoms with E-state index in [4.69, 9.17) is 9.47 Å². The molecule has 1 rings (SSSR count). The summed E-state index contributed by atoms with van der Waals surface area (Å²) in [5, 5.41) is 0. The van der Waals surface area contributed by atoms with Crippen molar-refractivity contribution in [3.05, 3.63) is 0 Å². The highest BCUT2D eigenvalue weighted by atomic mass is 128. The maximum absolute atomic E-state index is 10.9. The van der Waals surface area contributed by atoms with Gasteiger partial charge in [0, 0.05) is 51.1 Å². The van der Waals surface area contributed by atoms with Crippen molar-refractivity contribution >= 4 is 49.2 Å². The van der Waals surface area contributed by atoms with Gasteiger partial charge in [0.1, 0.15) is 0 Å². The third-order valence-electron chi connectivity index (χ3n) is 1.40. The Morgan fingerprint density at radius 2 is 1.46 bits per heavy atom. The number of halogens is 2. The summed E-state index contributed by atoms with van der Waals surface area (Å²) in [6, 6.07) is 0. The van der Waals surface area contributed by atoms with Crippen molar-refractivity contribution in [2.45, 2.75) is 26.6 Å². The summed E-state index contributed by atoms with van der Waals surface area (Å²) in [6.07, 6.45) is 0. The van der Waals surface area contributed by atoms with Crippen LogP contribution in [0.2, 0.25) is 0 Å². The standard InChI is InChI=1S/C7H10O4.I2/c1-4-5(8)10-7(2,3)11-6(4)9;1-2/h4H,1-3H3;. The topological polar surface area (TPSA) is 52.6 Å². The van der Waals surface area contributed by atoms with E-state index >= 15 is 0 Å². The second-order valence-electron chi connectivity index (χ2n) is 2.96. The zero-order valence-electron chi connectivity index (χ0n) is 7.47. The molecule has 1 fully saturated rings. The van der Waals surface area contributed by atoms with E-state index in [0.29, 0.717) is 0 Å². The van der Waals surface area contributed by atoms with Gasteiger partial charge in [0.05, 0.1) is 0 Å². The van der Waals surface area contributed by atoms with E-state index < -0.39 is 23.6 Å². The van der Waals surface area contributed by atoms with Gasteiger partial charge in [0.2, 0.25) is 0 Å². The summed E-state index contributed by atoms with van der Waals surface area (Å²) in [5.74, 6) is -2.93. The molecule has 0 unspecified atom stereocenters. The average Bonchev–Trinajstić information content (AvgIpc) is 2.02. The second-order valence-corrected chi connectivity index (χ2v) is 2.96. The Kier molecular flexibility index (Phi) is 5.49. The van der Waals surface area contributed by atoms with Crippen LogP contribution in [-0.2, 0) is 19.1 Å². The minimum Gasteiger partial charge on any atom is -0.422 e. The molecule has 0 aromatic rings. The van der Waals surface area contributed by atoms with E-state index in [1.807, 2.05) is 0 Å². The number of cyclic esters (lactones) is 2. The van der Waals surface area contributed by atoms with Gasteiger partial charge in [0.25, 0.3) is 5.79 Å². The molecule has 1 aliphatic rings. The highest BCUT2D eigenvalue weighted by Crippen LogP contribution is 2.22. The van der Waals surface area contributed by atoms with Crippen molar-refractivity contribution in [1.29, 1.82) is 0 Å². The fraction of sp³-hybridized carbons (Fsp3) is 0.714. The van der Waals surface area contributed by atoms with Crippen LogP contribution < -0.4 is 0 Å². The van der Waals surface area contributed by atoms with Gasteiger partial charge >= 0.3 is 11.9 Å². The first-order valence-corrected chi connectivity index (χ1v) is 9.81. The van der Waals surface area contributed by atoms with Crippen LogP contribution in [0, 0.1) is 5.92 Å². The third kappa shape index (κ3) is 3.96. The maximum Gasteiger partial charge on any atom is 0.323 e. The van der Waals surface area contributed by atoms with Crippen molar-refractivity contribution < 1.29 is 19.1 Å². The van der Waals surface area contributed by atoms with Gasteiger partial charge in [-0.3, -0.25) is 9.59 Å². The SMILES string of the molecule is CC1C(=O)OC(C)(C)OC1=O.II. The molecule has 0 aromatic carbocycles. The first-order chi connectivity index (χ1) is 5.92. The number of carbonyl (C=O) groups is 2. The minimum absolute atomic E-state index is 0.522. The maximum atomic E-state index is 10.9. The molecule has 0 N–H and O–H groups in total. The Bertz CT molecular complexity index is 195. The third-order valence-corrected chi connectivity index (χ3v) is 1.40. The lowest BCUT2D eigenvalue weighted by molar-refractivity contribution is -0.238. The molecule has 0 atom stereocenters. The number of esters is 2. The number of carbonyl (C=O) groups excluding carboxylic acids is 2. The predicted molar refractivity (Wildman–Crippen MR) is 63.5 cm³/mol. The van der Waals surface area contributed by atoms with E-state index in [9.17, 15) is 9.59 Å². The van der Waals surface area contributed by atoms with Gasteiger partial charge in [-0.25, -0.2) is 0 Å². The van der Waals surface area contributed by atoms with Crippen molar-refractivity contribution in [3.63, 3.8) is 0 Å². The van der Waals surface area contributed by atoms with Crippen LogP contribution in [-0.4, -0.2) is 17.7 Å². The molecule has 0 aliphatic carbocycles. The molecule has 1 heterocycles. The lowest BCUT2D eigenvalue weighted by Crippen LogP contribution is -2.45. The van der Waals surface area contributed by atoms with Crippen molar-refractivity contribution in [3.8, 4) is 0 Å². The summed E-state index contributed by atoms with van der Waals surface area (Å²) in [7, 11) is 0. The number of hydrogen-bond donors (Lipinski definition) is 0. The van der Waals surface area contributed by atoms with E-state index in [1.165, 1.54) is 20.8 Å². The van der Waals surface area contributed by atoms with Crippen molar-refractivity contribution in [2.24, 2.45) is 5.92 Å². The molecule has 1 aliphatic heterocycles. The quantitative estimate of drug-likeness (QED) is 0.348. The molecule has 0 aromatic heterocycles. The normalized spacial score (nSPS) is 21.0. The van der Waals surface area contributed by atoms with Crippen molar-refractivity contribution in [2.75, 3.05) is 0 Å². The van der Waals surface area contributed by atoms with Crippen LogP contribution in [0.5, 0.6) is 0 Å². The Labute approximate surface area is 100 Å². The number of ether oxygens (including phenoxy) is 2. The smallest absolute Gasteiger partial charge is 0.323 e. The van der Waals surface area contributed by atoms with E-state index in [0.717, 1.165) is 0 Å². The van der Waals surface area contributed by atoms with Crippen molar-refractivity contribution in [1.82, 2.24) is 0 Å². The number of hydrogen-bond acceptors (Lipinski definition) is 4. The lowest BCUT2D eigenvalue weighted by atomic mass is 10.1. The Hall–Kier alpha value is 0.400. The highest BCUT2D eigenvalue weighted by molar-refractivity contribution is 15.0. The predicted octanol–water partition coefficient (Wildman–Crippen LogP) is 2.23. The zero-order chi connectivity index (χ0) is 10.6. The fourth-order valence-corrected chi connectivity index (χ4v) is 0.778. The molecule has 0 saturated carbocycles. The van der Waals surface area contributed by atoms with Crippen LogP contribution in [0.1, 0.15) is 20.8 Å². The van der Waals surface area contributed by atoms with Crippen LogP contribution in [0.15, 0.2) is 0 Å². The van der Waals surface area contributed by atoms with E-state index in [1.54, 1.807) is 0 Å². The molecule has 0 bridgehead atoms. The first-order valence-electron chi connectivity index (χ1n) is 3.52. The van der Waals surface area contributed by atoms with Gasteiger partial charge in [-0.05, 0) is 6.92 Å². The molecule has 0 spiro atoms. The summed E-state index contributed by atoms with van der Waals surface area (Å²) in [4.78, 5) is 21.8. The minimum atomic E-state index is -1.10. The summed E-state index contributed by atoms with van der Waals surface area (Å²) < 4.78 is 9.55. The molecule has 6 heteroatoms. The monoisotopic (exact) mass is 412 g/mol.